The van der Waals surface area contributed by atoms with Crippen LogP contribution in [-0.2, 0) is 11.3 Å². The van der Waals surface area contributed by atoms with Crippen molar-refractivity contribution in [1.29, 1.82) is 0 Å². The molecule has 1 amide bonds. The second kappa shape index (κ2) is 5.60. The van der Waals surface area contributed by atoms with E-state index >= 15 is 0 Å². The quantitative estimate of drug-likeness (QED) is 0.860. The largest absolute Gasteiger partial charge is 0.324 e. The number of nitrogens with one attached hydrogen (secondary N) is 1. The van der Waals surface area contributed by atoms with Crippen LogP contribution in [0.3, 0.4) is 0 Å². The Hall–Kier alpha value is -2.57. The molecule has 2 rings (SSSR count). The number of hydrogen-bond acceptors (Lipinski definition) is 4. The van der Waals surface area contributed by atoms with Crippen LogP contribution in [0.2, 0.25) is 0 Å². The lowest BCUT2D eigenvalue weighted by Crippen LogP contribution is -2.20. The van der Waals surface area contributed by atoms with Gasteiger partial charge in [0.25, 0.3) is 0 Å². The fourth-order valence-electron chi connectivity index (χ4n) is 1.71. The Labute approximate surface area is 114 Å². The second-order valence-corrected chi connectivity index (χ2v) is 4.29. The van der Waals surface area contributed by atoms with Gasteiger partial charge < -0.3 is 5.32 Å². The number of rotatable bonds is 4. The molecule has 0 spiro atoms. The van der Waals surface area contributed by atoms with E-state index in [4.69, 9.17) is 0 Å². The van der Waals surface area contributed by atoms with Crippen LogP contribution in [0.25, 0.3) is 0 Å². The average molecular weight is 276 g/mol. The molecule has 0 aliphatic carbocycles. The van der Waals surface area contributed by atoms with Gasteiger partial charge in [0.05, 0.1) is 5.69 Å². The Morgan fingerprint density at radius 1 is 1.30 bits per heavy atom. The smallest absolute Gasteiger partial charge is 0.246 e. The number of carbonyl (C=O) groups is 2. The Bertz CT molecular complexity index is 649. The average Bonchev–Trinajstić information content (AvgIpc) is 2.74. The number of anilines is 1. The van der Waals surface area contributed by atoms with Gasteiger partial charge in [0.2, 0.25) is 5.91 Å². The van der Waals surface area contributed by atoms with Crippen molar-refractivity contribution in [2.75, 3.05) is 5.32 Å². The molecule has 7 heteroatoms. The zero-order chi connectivity index (χ0) is 14.7. The van der Waals surface area contributed by atoms with Crippen molar-refractivity contribution in [3.8, 4) is 0 Å². The van der Waals surface area contributed by atoms with Gasteiger partial charge in [-0.2, -0.15) is 0 Å². The SMILES string of the molecule is CC(=O)c1nnn(CC(=O)Nc2ccc(F)cc2)c1C. The molecule has 0 aliphatic rings. The molecule has 20 heavy (non-hydrogen) atoms. The van der Waals surface area contributed by atoms with Crippen LogP contribution in [-0.4, -0.2) is 26.7 Å². The summed E-state index contributed by atoms with van der Waals surface area (Å²) >= 11 is 0. The van der Waals surface area contributed by atoms with E-state index in [1.165, 1.54) is 35.9 Å². The topological polar surface area (TPSA) is 76.9 Å². The molecule has 0 radical (unpaired) electrons. The molecule has 104 valence electrons. The van der Waals surface area contributed by atoms with E-state index in [1.807, 2.05) is 0 Å². The first kappa shape index (κ1) is 13.9. The third-order valence-electron chi connectivity index (χ3n) is 2.74. The van der Waals surface area contributed by atoms with Crippen LogP contribution in [0.5, 0.6) is 0 Å². The zero-order valence-corrected chi connectivity index (χ0v) is 11.1. The van der Waals surface area contributed by atoms with E-state index in [2.05, 4.69) is 15.6 Å². The van der Waals surface area contributed by atoms with E-state index in [0.29, 0.717) is 11.4 Å². The molecule has 0 fully saturated rings. The summed E-state index contributed by atoms with van der Waals surface area (Å²) in [5.74, 6) is -0.909. The highest BCUT2D eigenvalue weighted by Gasteiger charge is 2.14. The third kappa shape index (κ3) is 3.05. The minimum Gasteiger partial charge on any atom is -0.324 e. The number of carbonyl (C=O) groups excluding carboxylic acids is 2. The summed E-state index contributed by atoms with van der Waals surface area (Å²) in [6.07, 6.45) is 0. The lowest BCUT2D eigenvalue weighted by Gasteiger charge is -2.06. The van der Waals surface area contributed by atoms with Crippen molar-refractivity contribution in [1.82, 2.24) is 15.0 Å². The molecule has 1 aromatic heterocycles. The molecule has 0 saturated carbocycles. The van der Waals surface area contributed by atoms with Crippen LogP contribution in [0.1, 0.15) is 23.1 Å². The van der Waals surface area contributed by atoms with Crippen molar-refractivity contribution >= 4 is 17.4 Å². The Kier molecular flexibility index (Phi) is 3.88. The van der Waals surface area contributed by atoms with Gasteiger partial charge in [-0.25, -0.2) is 9.07 Å². The number of Topliss-reactive ketones (excluding diaryl/α,β-unsaturated/α-hetero) is 1. The standard InChI is InChI=1S/C13H13FN4O2/c1-8-13(9(2)19)16-17-18(8)7-12(20)15-11-5-3-10(14)4-6-11/h3-6H,7H2,1-2H3,(H,15,20). The molecule has 0 unspecified atom stereocenters. The number of hydrogen-bond donors (Lipinski definition) is 1. The van der Waals surface area contributed by atoms with Crippen LogP contribution in [0, 0.1) is 12.7 Å². The summed E-state index contributed by atoms with van der Waals surface area (Å²) in [6, 6.07) is 5.43. The normalized spacial score (nSPS) is 10.3. The number of aromatic nitrogens is 3. The lowest BCUT2D eigenvalue weighted by atomic mass is 10.2. The van der Waals surface area contributed by atoms with Gasteiger partial charge in [0.15, 0.2) is 11.5 Å². The fourth-order valence-corrected chi connectivity index (χ4v) is 1.71. The van der Waals surface area contributed by atoms with Gasteiger partial charge in [-0.1, -0.05) is 5.21 Å². The van der Waals surface area contributed by atoms with E-state index in [9.17, 15) is 14.0 Å². The van der Waals surface area contributed by atoms with Crippen LogP contribution in [0.4, 0.5) is 10.1 Å². The Balaban J connectivity index is 2.05. The summed E-state index contributed by atoms with van der Waals surface area (Å²) in [5.41, 5.74) is 1.27. The minimum absolute atomic E-state index is 0.0660. The van der Waals surface area contributed by atoms with Gasteiger partial charge in [0.1, 0.15) is 12.4 Å². The lowest BCUT2D eigenvalue weighted by molar-refractivity contribution is -0.117. The molecule has 0 saturated heterocycles. The molecular formula is C13H13FN4O2. The Morgan fingerprint density at radius 3 is 2.50 bits per heavy atom. The summed E-state index contributed by atoms with van der Waals surface area (Å²) in [5, 5.41) is 10.1. The maximum absolute atomic E-state index is 12.7. The predicted molar refractivity (Wildman–Crippen MR) is 69.8 cm³/mol. The Morgan fingerprint density at radius 2 is 1.95 bits per heavy atom. The maximum Gasteiger partial charge on any atom is 0.246 e. The number of ketones is 1. The van der Waals surface area contributed by atoms with Gasteiger partial charge in [0, 0.05) is 12.6 Å². The number of amides is 1. The fraction of sp³-hybridized carbons (Fsp3) is 0.231. The van der Waals surface area contributed by atoms with Crippen molar-refractivity contribution in [2.24, 2.45) is 0 Å². The van der Waals surface area contributed by atoms with E-state index in [0.717, 1.165) is 0 Å². The predicted octanol–water partition coefficient (Wildman–Crippen LogP) is 1.57. The molecular weight excluding hydrogens is 263 g/mol. The number of nitrogens with zero attached hydrogens (tertiary/aromatic N) is 3. The molecule has 0 atom stereocenters. The van der Waals surface area contributed by atoms with Gasteiger partial charge in [-0.15, -0.1) is 5.10 Å². The first-order valence-corrected chi connectivity index (χ1v) is 5.94. The van der Waals surface area contributed by atoms with E-state index < -0.39 is 0 Å². The highest BCUT2D eigenvalue weighted by molar-refractivity contribution is 5.93. The molecule has 0 aliphatic heterocycles. The van der Waals surface area contributed by atoms with Gasteiger partial charge in [-0.3, -0.25) is 9.59 Å². The van der Waals surface area contributed by atoms with Gasteiger partial charge in [-0.05, 0) is 31.2 Å². The monoisotopic (exact) mass is 276 g/mol. The highest BCUT2D eigenvalue weighted by Crippen LogP contribution is 2.09. The first-order valence-electron chi connectivity index (χ1n) is 5.94. The van der Waals surface area contributed by atoms with Gasteiger partial charge >= 0.3 is 0 Å². The van der Waals surface area contributed by atoms with Crippen LogP contribution in [0.15, 0.2) is 24.3 Å². The number of benzene rings is 1. The maximum atomic E-state index is 12.7. The molecule has 2 aromatic rings. The first-order chi connectivity index (χ1) is 9.47. The molecule has 6 nitrogen and oxygen atoms in total. The van der Waals surface area contributed by atoms with Crippen molar-refractivity contribution < 1.29 is 14.0 Å². The zero-order valence-electron chi connectivity index (χ0n) is 11.1. The van der Waals surface area contributed by atoms with Crippen molar-refractivity contribution in [3.63, 3.8) is 0 Å². The summed E-state index contributed by atoms with van der Waals surface area (Å²) in [6.45, 7) is 2.99. The third-order valence-corrected chi connectivity index (χ3v) is 2.74. The highest BCUT2D eigenvalue weighted by atomic mass is 19.1. The van der Waals surface area contributed by atoms with Crippen molar-refractivity contribution in [3.05, 3.63) is 41.5 Å². The minimum atomic E-state index is -0.374. The summed E-state index contributed by atoms with van der Waals surface area (Å²) in [4.78, 5) is 23.1. The summed E-state index contributed by atoms with van der Waals surface area (Å²) < 4.78 is 14.1. The second-order valence-electron chi connectivity index (χ2n) is 4.29. The molecule has 1 N–H and O–H groups in total. The van der Waals surface area contributed by atoms with E-state index in [1.54, 1.807) is 6.92 Å². The van der Waals surface area contributed by atoms with Crippen LogP contribution < -0.4 is 5.32 Å². The molecule has 1 aromatic carbocycles. The molecule has 0 bridgehead atoms. The van der Waals surface area contributed by atoms with Crippen LogP contribution >= 0.6 is 0 Å². The molecule has 1 heterocycles. The number of halogens is 1. The van der Waals surface area contributed by atoms with Crippen molar-refractivity contribution in [2.45, 2.75) is 20.4 Å². The summed E-state index contributed by atoms with van der Waals surface area (Å²) in [7, 11) is 0. The van der Waals surface area contributed by atoms with E-state index in [-0.39, 0.29) is 29.7 Å².